The Kier molecular flexibility index (Phi) is 5.65. The monoisotopic (exact) mass is 295 g/mol. The van der Waals surface area contributed by atoms with Crippen molar-refractivity contribution in [1.82, 2.24) is 0 Å². The molecule has 1 aliphatic rings. The zero-order valence-electron chi connectivity index (χ0n) is 10.5. The third-order valence-electron chi connectivity index (χ3n) is 3.02. The maximum atomic E-state index is 12.0. The predicted molar refractivity (Wildman–Crippen MR) is 69.0 cm³/mol. The summed E-state index contributed by atoms with van der Waals surface area (Å²) in [7, 11) is -4.62. The fraction of sp³-hybridized carbons (Fsp3) is 0.273. The minimum absolute atomic E-state index is 0. The van der Waals surface area contributed by atoms with Crippen LogP contribution < -0.4 is 0 Å². The molecule has 0 saturated carbocycles. The van der Waals surface area contributed by atoms with Crippen LogP contribution in [0.25, 0.3) is 0 Å². The molecule has 1 radical (unpaired) electrons. The summed E-state index contributed by atoms with van der Waals surface area (Å²) in [5, 5.41) is 0. The van der Waals surface area contributed by atoms with E-state index in [-0.39, 0.29) is 46.2 Å². The zero-order chi connectivity index (χ0) is 12.8. The number of carbonyl (C=O) groups excluding carboxylic acids is 2. The topological polar surface area (TPSA) is 120 Å². The van der Waals surface area contributed by atoms with E-state index in [0.717, 1.165) is 6.92 Å². The van der Waals surface area contributed by atoms with E-state index < -0.39 is 32.9 Å². The minimum atomic E-state index is -4.62. The first kappa shape index (κ1) is 18.4. The molecule has 1 aromatic rings. The second-order valence-electron chi connectivity index (χ2n) is 4.18. The second-order valence-corrected chi connectivity index (χ2v) is 6.03. The van der Waals surface area contributed by atoms with Crippen molar-refractivity contribution in [2.24, 2.45) is 0 Å². The van der Waals surface area contributed by atoms with Crippen molar-refractivity contribution in [1.29, 1.82) is 0 Å². The molecule has 0 bridgehead atoms. The van der Waals surface area contributed by atoms with Gasteiger partial charge in [0.1, 0.15) is 0 Å². The normalized spacial score (nSPS) is 22.0. The van der Waals surface area contributed by atoms with E-state index in [1.807, 2.05) is 0 Å². The van der Waals surface area contributed by atoms with E-state index in [1.165, 1.54) is 12.1 Å². The van der Waals surface area contributed by atoms with Gasteiger partial charge in [0.05, 0.1) is 0 Å². The van der Waals surface area contributed by atoms with Crippen molar-refractivity contribution in [3.8, 4) is 0 Å². The molecular weight excluding hydrogens is 283 g/mol. The molecule has 0 aromatic heterocycles. The van der Waals surface area contributed by atoms with Crippen LogP contribution in [0.15, 0.2) is 24.3 Å². The van der Waals surface area contributed by atoms with Crippen molar-refractivity contribution < 1.29 is 28.0 Å². The molecule has 1 aromatic carbocycles. The molecule has 19 heavy (non-hydrogen) atoms. The average Bonchev–Trinajstić information content (AvgIpc) is 2.25. The number of hydrogen-bond donors (Lipinski definition) is 1. The Hall–Kier alpha value is -0.570. The number of rotatable bonds is 1. The van der Waals surface area contributed by atoms with Gasteiger partial charge in [-0.1, -0.05) is 24.3 Å². The van der Waals surface area contributed by atoms with Crippen LogP contribution in [0.4, 0.5) is 0 Å². The molecule has 99 valence electrons. The van der Waals surface area contributed by atoms with E-state index in [2.05, 4.69) is 0 Å². The zero-order valence-corrected chi connectivity index (χ0v) is 13.3. The number of hydrogen-bond acceptors (Lipinski definition) is 4. The van der Waals surface area contributed by atoms with Crippen LogP contribution in [0, 0.1) is 0 Å². The standard InChI is InChI=1S/C11H10O5S.Na.H2O/c1-11(17(14,15)16)6-9(12)7-4-2-3-5-8(7)10(11)13;;/h2-5H,6H2,1H3,(H,14,15,16);;1H2. The molecule has 8 heteroatoms. The van der Waals surface area contributed by atoms with Gasteiger partial charge >= 0.3 is 0 Å². The van der Waals surface area contributed by atoms with Gasteiger partial charge in [0.25, 0.3) is 10.1 Å². The van der Waals surface area contributed by atoms with Crippen molar-refractivity contribution in [3.05, 3.63) is 35.4 Å². The van der Waals surface area contributed by atoms with Gasteiger partial charge < -0.3 is 5.48 Å². The summed E-state index contributed by atoms with van der Waals surface area (Å²) in [4.78, 5) is 23.8. The molecule has 6 nitrogen and oxygen atoms in total. The fourth-order valence-corrected chi connectivity index (χ4v) is 2.56. The largest absolute Gasteiger partial charge is 0.412 e. The van der Waals surface area contributed by atoms with Crippen LogP contribution in [0.5, 0.6) is 0 Å². The van der Waals surface area contributed by atoms with Crippen molar-refractivity contribution in [3.63, 3.8) is 0 Å². The molecule has 1 unspecified atom stereocenters. The summed E-state index contributed by atoms with van der Waals surface area (Å²) in [5.74, 6) is -1.20. The maximum absolute atomic E-state index is 12.0. The van der Waals surface area contributed by atoms with Crippen LogP contribution in [-0.2, 0) is 10.1 Å². The summed E-state index contributed by atoms with van der Waals surface area (Å²) in [6.07, 6.45) is -0.526. The number of ketones is 2. The van der Waals surface area contributed by atoms with Crippen molar-refractivity contribution in [2.75, 3.05) is 0 Å². The van der Waals surface area contributed by atoms with E-state index in [4.69, 9.17) is 4.55 Å². The van der Waals surface area contributed by atoms with E-state index in [9.17, 15) is 18.0 Å². The Labute approximate surface area is 132 Å². The number of carbonyl (C=O) groups is 2. The van der Waals surface area contributed by atoms with Gasteiger partial charge in [0.15, 0.2) is 16.3 Å². The quantitative estimate of drug-likeness (QED) is 0.573. The third-order valence-corrected chi connectivity index (χ3v) is 4.49. The number of benzene rings is 1. The summed E-state index contributed by atoms with van der Waals surface area (Å²) in [5.41, 5.74) is 0.252. The van der Waals surface area contributed by atoms with Gasteiger partial charge in [-0.3, -0.25) is 14.1 Å². The molecule has 0 aliphatic heterocycles. The Bertz CT molecular complexity index is 624. The van der Waals surface area contributed by atoms with Gasteiger partial charge in [-0.05, 0) is 6.92 Å². The predicted octanol–water partition coefficient (Wildman–Crippen LogP) is -0.103. The smallest absolute Gasteiger partial charge is 0.278 e. The molecular formula is C11H12NaO6S. The molecule has 1 atom stereocenters. The third kappa shape index (κ3) is 2.81. The molecule has 2 rings (SSSR count). The second kappa shape index (κ2) is 5.82. The fourth-order valence-electron chi connectivity index (χ4n) is 1.90. The van der Waals surface area contributed by atoms with Crippen LogP contribution in [-0.4, -0.2) is 64.3 Å². The van der Waals surface area contributed by atoms with Gasteiger partial charge in [-0.2, -0.15) is 8.42 Å². The van der Waals surface area contributed by atoms with E-state index >= 15 is 0 Å². The number of fused-ring (bicyclic) bond motifs is 1. The molecule has 0 fully saturated rings. The SMILES string of the molecule is CC1(S(=O)(=O)O)CC(=O)c2ccccc2C1=O.O.[Na]. The first-order valence-electron chi connectivity index (χ1n) is 4.91. The van der Waals surface area contributed by atoms with Gasteiger partial charge in [-0.25, -0.2) is 0 Å². The summed E-state index contributed by atoms with van der Waals surface area (Å²) in [6, 6.07) is 6.00. The Morgan fingerprint density at radius 2 is 1.63 bits per heavy atom. The van der Waals surface area contributed by atoms with Crippen LogP contribution in [0.3, 0.4) is 0 Å². The van der Waals surface area contributed by atoms with Crippen molar-refractivity contribution in [2.45, 2.75) is 18.1 Å². The van der Waals surface area contributed by atoms with Gasteiger partial charge in [-0.15, -0.1) is 0 Å². The molecule has 0 saturated heterocycles. The van der Waals surface area contributed by atoms with Gasteiger partial charge in [0.2, 0.25) is 0 Å². The van der Waals surface area contributed by atoms with Crippen LogP contribution in [0.1, 0.15) is 34.1 Å². The first-order valence-corrected chi connectivity index (χ1v) is 6.35. The number of Topliss-reactive ketones (excluding diaryl/α,β-unsaturated/α-hetero) is 2. The first-order chi connectivity index (χ1) is 7.77. The molecule has 0 spiro atoms. The van der Waals surface area contributed by atoms with Gasteiger partial charge in [0, 0.05) is 47.1 Å². The van der Waals surface area contributed by atoms with Crippen LogP contribution >= 0.6 is 0 Å². The molecule has 1 aliphatic carbocycles. The maximum Gasteiger partial charge on any atom is 0.278 e. The summed E-state index contributed by atoms with van der Waals surface area (Å²) in [6.45, 7) is 1.07. The summed E-state index contributed by atoms with van der Waals surface area (Å²) >= 11 is 0. The Morgan fingerprint density at radius 3 is 2.11 bits per heavy atom. The molecule has 3 N–H and O–H groups in total. The van der Waals surface area contributed by atoms with E-state index in [0.29, 0.717) is 0 Å². The van der Waals surface area contributed by atoms with Crippen molar-refractivity contribution >= 4 is 51.2 Å². The van der Waals surface area contributed by atoms with E-state index in [1.54, 1.807) is 12.1 Å². The minimum Gasteiger partial charge on any atom is -0.412 e. The molecule has 0 amide bonds. The molecule has 0 heterocycles. The van der Waals surface area contributed by atoms with Crippen LogP contribution in [0.2, 0.25) is 0 Å². The Balaban J connectivity index is 0.00000162. The average molecular weight is 295 g/mol. The Morgan fingerprint density at radius 1 is 1.16 bits per heavy atom. The summed E-state index contributed by atoms with van der Waals surface area (Å²) < 4.78 is 29.6.